The van der Waals surface area contributed by atoms with Gasteiger partial charge in [-0.25, -0.2) is 0 Å². The van der Waals surface area contributed by atoms with Crippen molar-refractivity contribution < 1.29 is 19.4 Å². The molecule has 0 aromatic rings. The molecule has 0 aromatic heterocycles. The minimum atomic E-state index is -0.807. The van der Waals surface area contributed by atoms with E-state index in [1.165, 1.54) is 12.8 Å². The monoisotopic (exact) mass is 311 g/mol. The van der Waals surface area contributed by atoms with E-state index >= 15 is 0 Å². The molecule has 3 unspecified atom stereocenters. The standard InChI is InChI=1S/C17H29NO4/c1-12-3-2-4-13(9-12)10-16(19)18-11-15(17(20)21)14-5-7-22-8-6-14/h12-15H,2-11H2,1H3,(H,18,19)(H,20,21). The second-order valence-electron chi connectivity index (χ2n) is 7.04. The molecule has 3 atom stereocenters. The van der Waals surface area contributed by atoms with Crippen LogP contribution in [0.1, 0.15) is 51.9 Å². The Morgan fingerprint density at radius 3 is 2.59 bits per heavy atom. The second-order valence-corrected chi connectivity index (χ2v) is 7.04. The third-order valence-corrected chi connectivity index (χ3v) is 5.19. The molecule has 2 fully saturated rings. The van der Waals surface area contributed by atoms with E-state index < -0.39 is 11.9 Å². The lowest BCUT2D eigenvalue weighted by molar-refractivity contribution is -0.145. The molecule has 22 heavy (non-hydrogen) atoms. The molecule has 1 aliphatic carbocycles. The van der Waals surface area contributed by atoms with Crippen LogP contribution in [0.3, 0.4) is 0 Å². The van der Waals surface area contributed by atoms with Crippen LogP contribution in [0.15, 0.2) is 0 Å². The second kappa shape index (κ2) is 8.51. The molecule has 1 amide bonds. The topological polar surface area (TPSA) is 75.6 Å². The van der Waals surface area contributed by atoms with Crippen molar-refractivity contribution in [2.75, 3.05) is 19.8 Å². The first-order valence-electron chi connectivity index (χ1n) is 8.63. The molecule has 1 saturated heterocycles. The quantitative estimate of drug-likeness (QED) is 0.790. The fraction of sp³-hybridized carbons (Fsp3) is 0.882. The van der Waals surface area contributed by atoms with Crippen molar-refractivity contribution in [1.82, 2.24) is 5.32 Å². The van der Waals surface area contributed by atoms with Gasteiger partial charge in [0, 0.05) is 26.2 Å². The summed E-state index contributed by atoms with van der Waals surface area (Å²) in [5.74, 6) is 0.00551. The minimum Gasteiger partial charge on any atom is -0.481 e. The lowest BCUT2D eigenvalue weighted by Gasteiger charge is -2.28. The molecule has 1 aliphatic heterocycles. The summed E-state index contributed by atoms with van der Waals surface area (Å²) < 4.78 is 5.29. The zero-order valence-corrected chi connectivity index (χ0v) is 13.6. The molecule has 0 bridgehead atoms. The number of aliphatic carboxylic acids is 1. The number of hydrogen-bond donors (Lipinski definition) is 2. The smallest absolute Gasteiger partial charge is 0.308 e. The number of carbonyl (C=O) groups is 2. The van der Waals surface area contributed by atoms with Crippen LogP contribution in [0, 0.1) is 23.7 Å². The summed E-state index contributed by atoms with van der Waals surface area (Å²) in [4.78, 5) is 23.6. The van der Waals surface area contributed by atoms with E-state index in [1.807, 2.05) is 0 Å². The summed E-state index contributed by atoms with van der Waals surface area (Å²) >= 11 is 0. The Labute approximate surface area is 132 Å². The van der Waals surface area contributed by atoms with Gasteiger partial charge in [-0.05, 0) is 43.4 Å². The van der Waals surface area contributed by atoms with Crippen molar-refractivity contribution >= 4 is 11.9 Å². The summed E-state index contributed by atoms with van der Waals surface area (Å²) in [6.45, 7) is 3.75. The molecule has 0 aromatic carbocycles. The molecule has 0 spiro atoms. The zero-order valence-electron chi connectivity index (χ0n) is 13.6. The number of carboxylic acid groups (broad SMARTS) is 1. The number of carboxylic acids is 1. The summed E-state index contributed by atoms with van der Waals surface area (Å²) in [6.07, 6.45) is 6.81. The third kappa shape index (κ3) is 5.27. The minimum absolute atomic E-state index is 0.0115. The van der Waals surface area contributed by atoms with Gasteiger partial charge in [-0.2, -0.15) is 0 Å². The number of ether oxygens (including phenoxy) is 1. The van der Waals surface area contributed by atoms with Gasteiger partial charge >= 0.3 is 5.97 Å². The molecule has 1 heterocycles. The molecule has 2 aliphatic rings. The molecule has 5 nitrogen and oxygen atoms in total. The largest absolute Gasteiger partial charge is 0.481 e. The Hall–Kier alpha value is -1.10. The van der Waals surface area contributed by atoms with Crippen LogP contribution >= 0.6 is 0 Å². The average Bonchev–Trinajstić information content (AvgIpc) is 2.48. The number of carbonyl (C=O) groups excluding carboxylic acids is 1. The van der Waals surface area contributed by atoms with E-state index in [9.17, 15) is 14.7 Å². The lowest BCUT2D eigenvalue weighted by Crippen LogP contribution is -2.39. The van der Waals surface area contributed by atoms with E-state index in [0.29, 0.717) is 31.5 Å². The molecule has 126 valence electrons. The van der Waals surface area contributed by atoms with Gasteiger partial charge in [-0.15, -0.1) is 0 Å². The van der Waals surface area contributed by atoms with Crippen molar-refractivity contribution in [2.45, 2.75) is 51.9 Å². The molecule has 5 heteroatoms. The summed E-state index contributed by atoms with van der Waals surface area (Å²) in [5.41, 5.74) is 0. The van der Waals surface area contributed by atoms with Crippen LogP contribution in [-0.4, -0.2) is 36.7 Å². The van der Waals surface area contributed by atoms with Gasteiger partial charge in [0.2, 0.25) is 5.91 Å². The third-order valence-electron chi connectivity index (χ3n) is 5.19. The van der Waals surface area contributed by atoms with Crippen molar-refractivity contribution in [1.29, 1.82) is 0 Å². The van der Waals surface area contributed by atoms with Crippen LogP contribution in [0.2, 0.25) is 0 Å². The molecule has 0 radical (unpaired) electrons. The van der Waals surface area contributed by atoms with Crippen LogP contribution in [0.5, 0.6) is 0 Å². The molecular formula is C17H29NO4. The predicted octanol–water partition coefficient (Wildman–Crippen LogP) is 2.45. The highest BCUT2D eigenvalue weighted by Gasteiger charge is 2.30. The fourth-order valence-corrected chi connectivity index (χ4v) is 3.88. The van der Waals surface area contributed by atoms with Gasteiger partial charge < -0.3 is 15.2 Å². The van der Waals surface area contributed by atoms with Crippen molar-refractivity contribution in [3.63, 3.8) is 0 Å². The van der Waals surface area contributed by atoms with E-state index in [0.717, 1.165) is 25.7 Å². The number of hydrogen-bond acceptors (Lipinski definition) is 3. The van der Waals surface area contributed by atoms with Gasteiger partial charge in [-0.1, -0.05) is 19.8 Å². The highest BCUT2D eigenvalue weighted by Crippen LogP contribution is 2.30. The SMILES string of the molecule is CC1CCCC(CC(=O)NCC(C(=O)O)C2CCOCC2)C1. The first kappa shape index (κ1) is 17.3. The normalized spacial score (nSPS) is 28.0. The Kier molecular flexibility index (Phi) is 6.68. The van der Waals surface area contributed by atoms with Crippen molar-refractivity contribution in [3.05, 3.63) is 0 Å². The fourth-order valence-electron chi connectivity index (χ4n) is 3.88. The van der Waals surface area contributed by atoms with Crippen LogP contribution in [-0.2, 0) is 14.3 Å². The maximum Gasteiger partial charge on any atom is 0.308 e. The van der Waals surface area contributed by atoms with E-state index in [-0.39, 0.29) is 18.4 Å². The maximum atomic E-state index is 12.1. The molecule has 2 rings (SSSR count). The van der Waals surface area contributed by atoms with Gasteiger partial charge in [0.05, 0.1) is 5.92 Å². The lowest BCUT2D eigenvalue weighted by atomic mass is 9.80. The highest BCUT2D eigenvalue weighted by atomic mass is 16.5. The average molecular weight is 311 g/mol. The molecule has 2 N–H and O–H groups in total. The Morgan fingerprint density at radius 1 is 1.23 bits per heavy atom. The summed E-state index contributed by atoms with van der Waals surface area (Å²) in [7, 11) is 0. The summed E-state index contributed by atoms with van der Waals surface area (Å²) in [5, 5.41) is 12.3. The first-order chi connectivity index (χ1) is 10.6. The Morgan fingerprint density at radius 2 is 1.95 bits per heavy atom. The van der Waals surface area contributed by atoms with Gasteiger partial charge in [0.25, 0.3) is 0 Å². The maximum absolute atomic E-state index is 12.1. The molecular weight excluding hydrogens is 282 g/mol. The number of rotatable bonds is 6. The van der Waals surface area contributed by atoms with Crippen LogP contribution in [0.4, 0.5) is 0 Å². The van der Waals surface area contributed by atoms with E-state index in [4.69, 9.17) is 4.74 Å². The van der Waals surface area contributed by atoms with Crippen molar-refractivity contribution in [2.24, 2.45) is 23.7 Å². The number of amides is 1. The molecule has 1 saturated carbocycles. The zero-order chi connectivity index (χ0) is 15.9. The number of nitrogens with one attached hydrogen (secondary N) is 1. The van der Waals surface area contributed by atoms with Gasteiger partial charge in [0.15, 0.2) is 0 Å². The Bertz CT molecular complexity index is 379. The highest BCUT2D eigenvalue weighted by molar-refractivity contribution is 5.77. The van der Waals surface area contributed by atoms with Crippen LogP contribution < -0.4 is 5.32 Å². The van der Waals surface area contributed by atoms with Gasteiger partial charge in [-0.3, -0.25) is 9.59 Å². The summed E-state index contributed by atoms with van der Waals surface area (Å²) in [6, 6.07) is 0. The van der Waals surface area contributed by atoms with Crippen molar-refractivity contribution in [3.8, 4) is 0 Å². The first-order valence-corrected chi connectivity index (χ1v) is 8.63. The predicted molar refractivity (Wildman–Crippen MR) is 83.4 cm³/mol. The Balaban J connectivity index is 1.76. The van der Waals surface area contributed by atoms with E-state index in [2.05, 4.69) is 12.2 Å². The van der Waals surface area contributed by atoms with Gasteiger partial charge in [0.1, 0.15) is 0 Å². The van der Waals surface area contributed by atoms with E-state index in [1.54, 1.807) is 0 Å². The van der Waals surface area contributed by atoms with Crippen LogP contribution in [0.25, 0.3) is 0 Å².